The second-order valence-corrected chi connectivity index (χ2v) is 13.0. The molecule has 2 aliphatic rings. The molecular formula is C34H25Br2N3O4. The number of aliphatic hydroxyl groups is 1. The van der Waals surface area contributed by atoms with E-state index < -0.39 is 6.10 Å². The second kappa shape index (κ2) is 9.80. The normalized spacial score (nSPS) is 18.6. The first-order valence-corrected chi connectivity index (χ1v) is 15.7. The van der Waals surface area contributed by atoms with Gasteiger partial charge in [0.2, 0.25) is 0 Å². The summed E-state index contributed by atoms with van der Waals surface area (Å²) in [6, 6.07) is 19.5. The van der Waals surface area contributed by atoms with Crippen LogP contribution in [0.25, 0.3) is 43.6 Å². The van der Waals surface area contributed by atoms with Crippen LogP contribution >= 0.6 is 31.9 Å². The Bertz CT molecular complexity index is 2200. The quantitative estimate of drug-likeness (QED) is 0.144. The Morgan fingerprint density at radius 2 is 1.58 bits per heavy atom. The molecule has 0 fully saturated rings. The minimum absolute atomic E-state index is 0.0356. The van der Waals surface area contributed by atoms with E-state index in [1.54, 1.807) is 7.11 Å². The van der Waals surface area contributed by atoms with Gasteiger partial charge in [0.1, 0.15) is 5.75 Å². The number of methoxy groups -OCH3 is 1. The summed E-state index contributed by atoms with van der Waals surface area (Å²) in [5, 5.41) is 13.5. The topological polar surface area (TPSA) is 87.6 Å². The van der Waals surface area contributed by atoms with Crippen LogP contribution in [0.4, 0.5) is 0 Å². The third-order valence-corrected chi connectivity index (χ3v) is 9.76. The van der Waals surface area contributed by atoms with Crippen LogP contribution in [0.5, 0.6) is 5.75 Å². The van der Waals surface area contributed by atoms with Crippen LogP contribution in [0, 0.1) is 0 Å². The van der Waals surface area contributed by atoms with Crippen molar-refractivity contribution in [2.45, 2.75) is 31.5 Å². The average molecular weight is 699 g/mol. The molecule has 0 radical (unpaired) electrons. The van der Waals surface area contributed by atoms with Gasteiger partial charge in [0, 0.05) is 41.5 Å². The first kappa shape index (κ1) is 26.7. The van der Waals surface area contributed by atoms with E-state index in [4.69, 9.17) is 4.74 Å². The van der Waals surface area contributed by atoms with E-state index in [0.29, 0.717) is 23.3 Å². The van der Waals surface area contributed by atoms with Crippen molar-refractivity contribution in [3.05, 3.63) is 98.5 Å². The third-order valence-electron chi connectivity index (χ3n) is 8.78. The van der Waals surface area contributed by atoms with Gasteiger partial charge >= 0.3 is 0 Å². The standard InChI is InChI=1S/C34H25Br2N3O4/c1-43-22-10-2-17(3-11-22)16-38-33(41)29-27-23-14-18(35)4-12-25(23)37-31(27)32-28(30(29)34(38)42)24-15-19(36)5-13-26(24)39(32)20-6-8-21(40)9-7-20/h2-6,8,10-15,20-21,37,40H,7,9,16H2,1H3/t20?,21-/m0/s1. The molecule has 3 heterocycles. The number of aromatic nitrogens is 2. The van der Waals surface area contributed by atoms with Crippen molar-refractivity contribution < 1.29 is 19.4 Å². The van der Waals surface area contributed by atoms with Gasteiger partial charge in [-0.3, -0.25) is 14.5 Å². The van der Waals surface area contributed by atoms with Crippen molar-refractivity contribution in [1.29, 1.82) is 0 Å². The highest BCUT2D eigenvalue weighted by Crippen LogP contribution is 2.47. The molecule has 2 amide bonds. The fourth-order valence-corrected chi connectivity index (χ4v) is 7.56. The first-order valence-electron chi connectivity index (χ1n) is 14.1. The van der Waals surface area contributed by atoms with Crippen molar-refractivity contribution in [3.63, 3.8) is 0 Å². The number of allylic oxidation sites excluding steroid dienone is 1. The molecule has 43 heavy (non-hydrogen) atoms. The molecule has 0 spiro atoms. The summed E-state index contributed by atoms with van der Waals surface area (Å²) in [5.74, 6) is 0.0995. The Morgan fingerprint density at radius 1 is 0.884 bits per heavy atom. The highest BCUT2D eigenvalue weighted by atomic mass is 79.9. The number of hydrogen-bond acceptors (Lipinski definition) is 4. The van der Waals surface area contributed by atoms with E-state index in [1.165, 1.54) is 4.90 Å². The number of hydrogen-bond donors (Lipinski definition) is 2. The second-order valence-electron chi connectivity index (χ2n) is 11.2. The number of H-pyrrole nitrogens is 1. The Kier molecular flexibility index (Phi) is 6.08. The Hall–Kier alpha value is -3.92. The maximum Gasteiger partial charge on any atom is 0.262 e. The fraction of sp³-hybridized carbons (Fsp3) is 0.176. The molecule has 6 aromatic rings. The lowest BCUT2D eigenvalue weighted by Gasteiger charge is -2.23. The zero-order valence-corrected chi connectivity index (χ0v) is 26.2. The van der Waals surface area contributed by atoms with Crippen LogP contribution in [-0.4, -0.2) is 44.6 Å². The van der Waals surface area contributed by atoms with Gasteiger partial charge in [0.15, 0.2) is 0 Å². The molecule has 2 aromatic heterocycles. The van der Waals surface area contributed by atoms with Crippen LogP contribution < -0.4 is 4.74 Å². The van der Waals surface area contributed by atoms with Gasteiger partial charge in [-0.1, -0.05) is 56.1 Å². The fourth-order valence-electron chi connectivity index (χ4n) is 6.83. The number of amides is 2. The van der Waals surface area contributed by atoms with E-state index >= 15 is 0 Å². The predicted molar refractivity (Wildman–Crippen MR) is 175 cm³/mol. The van der Waals surface area contributed by atoms with Crippen molar-refractivity contribution in [2.24, 2.45) is 0 Å². The van der Waals surface area contributed by atoms with Crippen molar-refractivity contribution in [2.75, 3.05) is 7.11 Å². The SMILES string of the molecule is COc1ccc(CN2C(=O)c3c(c4c5cc(Br)ccc5n(C5C=C[C@H](O)CC5)c4c4[nH]c5ccc(Br)cc5c34)C2=O)cc1. The first-order chi connectivity index (χ1) is 20.8. The predicted octanol–water partition coefficient (Wildman–Crippen LogP) is 8.01. The molecule has 0 saturated heterocycles. The number of carbonyl (C=O) groups excluding carboxylic acids is 2. The van der Waals surface area contributed by atoms with Gasteiger partial charge in [0.25, 0.3) is 11.8 Å². The summed E-state index contributed by atoms with van der Waals surface area (Å²) in [5.41, 5.74) is 5.25. The molecule has 0 saturated carbocycles. The number of carbonyl (C=O) groups is 2. The summed E-state index contributed by atoms with van der Waals surface area (Å²) in [7, 11) is 1.61. The van der Waals surface area contributed by atoms with Gasteiger partial charge in [-0.2, -0.15) is 0 Å². The van der Waals surface area contributed by atoms with Crippen LogP contribution in [0.3, 0.4) is 0 Å². The minimum atomic E-state index is -0.473. The summed E-state index contributed by atoms with van der Waals surface area (Å²) in [6.07, 6.45) is 4.81. The molecule has 1 unspecified atom stereocenters. The monoisotopic (exact) mass is 697 g/mol. The van der Waals surface area contributed by atoms with E-state index in [2.05, 4.69) is 53.6 Å². The molecule has 4 aromatic carbocycles. The zero-order valence-electron chi connectivity index (χ0n) is 23.0. The maximum absolute atomic E-state index is 14.5. The minimum Gasteiger partial charge on any atom is -0.497 e. The van der Waals surface area contributed by atoms with Gasteiger partial charge in [-0.05, 0) is 66.9 Å². The Balaban J connectivity index is 1.49. The maximum atomic E-state index is 14.5. The van der Waals surface area contributed by atoms with Gasteiger partial charge < -0.3 is 19.4 Å². The van der Waals surface area contributed by atoms with E-state index in [9.17, 15) is 14.7 Å². The molecule has 1 aliphatic carbocycles. The number of imide groups is 1. The van der Waals surface area contributed by atoms with Gasteiger partial charge in [-0.15, -0.1) is 0 Å². The van der Waals surface area contributed by atoms with Crippen molar-refractivity contribution >= 4 is 87.3 Å². The number of benzene rings is 4. The van der Waals surface area contributed by atoms with Crippen LogP contribution in [0.2, 0.25) is 0 Å². The zero-order chi connectivity index (χ0) is 29.6. The molecule has 0 bridgehead atoms. The lowest BCUT2D eigenvalue weighted by molar-refractivity contribution is 0.0643. The van der Waals surface area contributed by atoms with Gasteiger partial charge in [-0.25, -0.2) is 0 Å². The van der Waals surface area contributed by atoms with Crippen LogP contribution in [0.15, 0.2) is 81.8 Å². The Labute approximate surface area is 263 Å². The number of aromatic amines is 1. The highest BCUT2D eigenvalue weighted by molar-refractivity contribution is 9.10. The van der Waals surface area contributed by atoms with Crippen molar-refractivity contribution in [1.82, 2.24) is 14.5 Å². The molecule has 214 valence electrons. The van der Waals surface area contributed by atoms with E-state index in [0.717, 1.165) is 64.5 Å². The molecular weight excluding hydrogens is 674 g/mol. The molecule has 7 nitrogen and oxygen atoms in total. The number of aliphatic hydroxyl groups excluding tert-OH is 1. The number of nitrogens with zero attached hydrogens (tertiary/aromatic N) is 2. The lowest BCUT2D eigenvalue weighted by Crippen LogP contribution is -2.29. The number of rotatable bonds is 4. The average Bonchev–Trinajstić information content (AvgIpc) is 3.62. The summed E-state index contributed by atoms with van der Waals surface area (Å²) in [4.78, 5) is 33.8. The van der Waals surface area contributed by atoms with E-state index in [1.807, 2.05) is 60.7 Å². The Morgan fingerprint density at radius 3 is 2.28 bits per heavy atom. The molecule has 2 N–H and O–H groups in total. The number of fused-ring (bicyclic) bond motifs is 10. The van der Waals surface area contributed by atoms with Gasteiger partial charge in [0.05, 0.1) is 48.0 Å². The number of halogens is 2. The largest absolute Gasteiger partial charge is 0.497 e. The number of ether oxygens (including phenoxy) is 1. The van der Waals surface area contributed by atoms with Crippen LogP contribution in [-0.2, 0) is 6.54 Å². The van der Waals surface area contributed by atoms with Crippen LogP contribution in [0.1, 0.15) is 45.2 Å². The van der Waals surface area contributed by atoms with Crippen molar-refractivity contribution in [3.8, 4) is 5.75 Å². The molecule has 9 heteroatoms. The summed E-state index contributed by atoms with van der Waals surface area (Å²) >= 11 is 7.27. The third kappa shape index (κ3) is 3.95. The summed E-state index contributed by atoms with van der Waals surface area (Å²) < 4.78 is 9.34. The highest BCUT2D eigenvalue weighted by Gasteiger charge is 2.42. The van der Waals surface area contributed by atoms with E-state index in [-0.39, 0.29) is 24.4 Å². The summed E-state index contributed by atoms with van der Waals surface area (Å²) in [6.45, 7) is 0.150. The smallest absolute Gasteiger partial charge is 0.262 e. The lowest BCUT2D eigenvalue weighted by atomic mass is 9.96. The molecule has 1 aliphatic heterocycles. The number of nitrogens with one attached hydrogen (secondary N) is 1. The molecule has 2 atom stereocenters. The molecule has 8 rings (SSSR count).